The van der Waals surface area contributed by atoms with Gasteiger partial charge in [0.25, 0.3) is 0 Å². The van der Waals surface area contributed by atoms with Crippen molar-refractivity contribution >= 4 is 16.9 Å². The van der Waals surface area contributed by atoms with Crippen LogP contribution in [0.5, 0.6) is 0 Å². The van der Waals surface area contributed by atoms with Crippen molar-refractivity contribution in [2.24, 2.45) is 5.92 Å². The van der Waals surface area contributed by atoms with E-state index in [1.807, 2.05) is 12.1 Å². The van der Waals surface area contributed by atoms with Crippen molar-refractivity contribution in [1.29, 1.82) is 0 Å². The lowest BCUT2D eigenvalue weighted by molar-refractivity contribution is -0.141. The first-order valence-electron chi connectivity index (χ1n) is 6.43. The maximum Gasteiger partial charge on any atom is 0.306 e. The zero-order valence-electron chi connectivity index (χ0n) is 10.9. The lowest BCUT2D eigenvalue weighted by Crippen LogP contribution is -2.13. The molecule has 0 bridgehead atoms. The second kappa shape index (κ2) is 5.25. The van der Waals surface area contributed by atoms with Crippen LogP contribution < -0.4 is 0 Å². The normalized spacial score (nSPS) is 12.8. The number of hydrogen-bond acceptors (Lipinski definition) is 1. The van der Waals surface area contributed by atoms with Gasteiger partial charge in [0.2, 0.25) is 0 Å². The third-order valence-electron chi connectivity index (χ3n) is 3.28. The number of aliphatic carboxylic acids is 1. The van der Waals surface area contributed by atoms with Crippen LogP contribution in [0.2, 0.25) is 0 Å². The highest BCUT2D eigenvalue weighted by Gasteiger charge is 2.14. The predicted octanol–water partition coefficient (Wildman–Crippen LogP) is 3.31. The van der Waals surface area contributed by atoms with E-state index < -0.39 is 5.97 Å². The molecule has 2 rings (SSSR count). The van der Waals surface area contributed by atoms with Crippen molar-refractivity contribution in [3.8, 4) is 0 Å². The quantitative estimate of drug-likeness (QED) is 0.878. The molecule has 1 N–H and O–H groups in total. The van der Waals surface area contributed by atoms with Gasteiger partial charge in [-0.25, -0.2) is 0 Å². The van der Waals surface area contributed by atoms with Gasteiger partial charge in [-0.15, -0.1) is 0 Å². The van der Waals surface area contributed by atoms with Gasteiger partial charge >= 0.3 is 5.97 Å². The molecular weight excluding hydrogens is 226 g/mol. The molecule has 3 nitrogen and oxygen atoms in total. The van der Waals surface area contributed by atoms with E-state index in [2.05, 4.69) is 29.8 Å². The van der Waals surface area contributed by atoms with E-state index in [9.17, 15) is 4.79 Å². The fourth-order valence-corrected chi connectivity index (χ4v) is 2.35. The molecule has 1 unspecified atom stereocenters. The molecule has 0 aliphatic rings. The lowest BCUT2D eigenvalue weighted by atomic mass is 9.99. The summed E-state index contributed by atoms with van der Waals surface area (Å²) < 4.78 is 2.22. The van der Waals surface area contributed by atoms with Crippen molar-refractivity contribution in [1.82, 2.24) is 4.57 Å². The standard InChI is InChI=1S/C15H19NO2/c1-3-8-16-9-7-12-5-4-6-13(14(12)16)10-11(2)15(17)18/h4-7,9,11H,3,8,10H2,1-2H3,(H,17,18). The van der Waals surface area contributed by atoms with E-state index in [0.717, 1.165) is 18.5 Å². The summed E-state index contributed by atoms with van der Waals surface area (Å²) in [5.41, 5.74) is 2.31. The zero-order valence-corrected chi connectivity index (χ0v) is 10.9. The fraction of sp³-hybridized carbons (Fsp3) is 0.400. The number of hydrogen-bond donors (Lipinski definition) is 1. The molecule has 0 aliphatic carbocycles. The second-order valence-electron chi connectivity index (χ2n) is 4.81. The second-order valence-corrected chi connectivity index (χ2v) is 4.81. The number of aromatic nitrogens is 1. The largest absolute Gasteiger partial charge is 0.481 e. The van der Waals surface area contributed by atoms with Gasteiger partial charge in [-0.3, -0.25) is 4.79 Å². The number of benzene rings is 1. The Morgan fingerprint density at radius 1 is 1.39 bits per heavy atom. The number of para-hydroxylation sites is 1. The van der Waals surface area contributed by atoms with E-state index in [0.29, 0.717) is 6.42 Å². The smallest absolute Gasteiger partial charge is 0.306 e. The Hall–Kier alpha value is -1.77. The summed E-state index contributed by atoms with van der Waals surface area (Å²) in [7, 11) is 0. The van der Waals surface area contributed by atoms with Crippen LogP contribution in [0.15, 0.2) is 30.5 Å². The molecule has 2 aromatic rings. The van der Waals surface area contributed by atoms with Gasteiger partial charge in [0.05, 0.1) is 11.4 Å². The molecule has 1 atom stereocenters. The number of fused-ring (bicyclic) bond motifs is 1. The Morgan fingerprint density at radius 3 is 2.83 bits per heavy atom. The van der Waals surface area contributed by atoms with E-state index in [4.69, 9.17) is 5.11 Å². The highest BCUT2D eigenvalue weighted by atomic mass is 16.4. The van der Waals surface area contributed by atoms with Gasteiger partial charge < -0.3 is 9.67 Å². The zero-order chi connectivity index (χ0) is 13.1. The number of rotatable bonds is 5. The van der Waals surface area contributed by atoms with Crippen LogP contribution >= 0.6 is 0 Å². The Kier molecular flexibility index (Phi) is 3.70. The molecule has 0 aliphatic heterocycles. The van der Waals surface area contributed by atoms with E-state index >= 15 is 0 Å². The van der Waals surface area contributed by atoms with Gasteiger partial charge in [0.1, 0.15) is 0 Å². The topological polar surface area (TPSA) is 42.2 Å². The Bertz CT molecular complexity index is 557. The van der Waals surface area contributed by atoms with E-state index in [1.54, 1.807) is 6.92 Å². The van der Waals surface area contributed by atoms with Crippen LogP contribution in [0.1, 0.15) is 25.8 Å². The Balaban J connectivity index is 2.42. The van der Waals surface area contributed by atoms with Gasteiger partial charge in [0.15, 0.2) is 0 Å². The average Bonchev–Trinajstić information content (AvgIpc) is 2.74. The molecule has 0 saturated heterocycles. The molecular formula is C15H19NO2. The molecule has 3 heteroatoms. The SMILES string of the molecule is CCCn1ccc2cccc(CC(C)C(=O)O)c21. The third kappa shape index (κ3) is 2.40. The van der Waals surface area contributed by atoms with Gasteiger partial charge in [-0.05, 0) is 29.9 Å². The molecule has 96 valence electrons. The summed E-state index contributed by atoms with van der Waals surface area (Å²) >= 11 is 0. The van der Waals surface area contributed by atoms with Crippen molar-refractivity contribution < 1.29 is 9.90 Å². The highest BCUT2D eigenvalue weighted by Crippen LogP contribution is 2.23. The molecule has 18 heavy (non-hydrogen) atoms. The monoisotopic (exact) mass is 245 g/mol. The van der Waals surface area contributed by atoms with Gasteiger partial charge in [-0.1, -0.05) is 32.0 Å². The summed E-state index contributed by atoms with van der Waals surface area (Å²) in [4.78, 5) is 11.0. The van der Waals surface area contributed by atoms with E-state index in [-0.39, 0.29) is 5.92 Å². The van der Waals surface area contributed by atoms with Crippen LogP contribution in [-0.2, 0) is 17.8 Å². The Labute approximate surface area is 107 Å². The summed E-state index contributed by atoms with van der Waals surface area (Å²) in [6.07, 6.45) is 3.75. The molecule has 1 aromatic carbocycles. The predicted molar refractivity (Wildman–Crippen MR) is 72.7 cm³/mol. The van der Waals surface area contributed by atoms with Crippen molar-refractivity contribution in [2.45, 2.75) is 33.2 Å². The van der Waals surface area contributed by atoms with Crippen LogP contribution in [0, 0.1) is 5.92 Å². The van der Waals surface area contributed by atoms with Crippen LogP contribution in [0.25, 0.3) is 10.9 Å². The van der Waals surface area contributed by atoms with Crippen LogP contribution in [0.3, 0.4) is 0 Å². The van der Waals surface area contributed by atoms with Crippen LogP contribution in [0.4, 0.5) is 0 Å². The number of carboxylic acids is 1. The molecule has 0 saturated carbocycles. The first-order chi connectivity index (χ1) is 8.63. The number of carboxylic acid groups (broad SMARTS) is 1. The molecule has 0 spiro atoms. The minimum Gasteiger partial charge on any atom is -0.481 e. The van der Waals surface area contributed by atoms with Crippen molar-refractivity contribution in [3.63, 3.8) is 0 Å². The molecule has 0 radical (unpaired) electrons. The number of nitrogens with zero attached hydrogens (tertiary/aromatic N) is 1. The fourth-order valence-electron chi connectivity index (χ4n) is 2.35. The molecule has 0 fully saturated rings. The number of carbonyl (C=O) groups is 1. The molecule has 0 amide bonds. The van der Waals surface area contributed by atoms with Crippen LogP contribution in [-0.4, -0.2) is 15.6 Å². The third-order valence-corrected chi connectivity index (χ3v) is 3.28. The molecule has 1 heterocycles. The van der Waals surface area contributed by atoms with Gasteiger partial charge in [-0.2, -0.15) is 0 Å². The van der Waals surface area contributed by atoms with Crippen molar-refractivity contribution in [2.75, 3.05) is 0 Å². The maximum atomic E-state index is 11.0. The first-order valence-corrected chi connectivity index (χ1v) is 6.43. The number of aryl methyl sites for hydroxylation is 1. The minimum absolute atomic E-state index is 0.347. The molecule has 1 aromatic heterocycles. The summed E-state index contributed by atoms with van der Waals surface area (Å²) in [5, 5.41) is 10.2. The summed E-state index contributed by atoms with van der Waals surface area (Å²) in [6.45, 7) is 4.88. The Morgan fingerprint density at radius 2 is 2.17 bits per heavy atom. The maximum absolute atomic E-state index is 11.0. The highest BCUT2D eigenvalue weighted by molar-refractivity contribution is 5.84. The lowest BCUT2D eigenvalue weighted by Gasteiger charge is -2.11. The summed E-state index contributed by atoms with van der Waals surface area (Å²) in [5.74, 6) is -1.08. The van der Waals surface area contributed by atoms with Crippen molar-refractivity contribution in [3.05, 3.63) is 36.0 Å². The summed E-state index contributed by atoms with van der Waals surface area (Å²) in [6, 6.07) is 8.22. The first kappa shape index (κ1) is 12.7. The minimum atomic E-state index is -0.736. The average molecular weight is 245 g/mol. The van der Waals surface area contributed by atoms with E-state index in [1.165, 1.54) is 10.9 Å². The van der Waals surface area contributed by atoms with Gasteiger partial charge in [0, 0.05) is 12.7 Å².